The number of hydrogen-bond acceptors (Lipinski definition) is 4. The van der Waals surface area contributed by atoms with Crippen LogP contribution < -0.4 is 0 Å². The molecule has 0 aromatic heterocycles. The number of fused-ring (bicyclic) bond motifs is 11. The van der Waals surface area contributed by atoms with E-state index in [4.69, 9.17) is 0 Å². The lowest BCUT2D eigenvalue weighted by molar-refractivity contribution is 0.0979. The Bertz CT molecular complexity index is 3980. The van der Waals surface area contributed by atoms with Crippen LogP contribution in [0.4, 0.5) is 0 Å². The highest BCUT2D eigenvalue weighted by atomic mass is 16.1. The van der Waals surface area contributed by atoms with E-state index in [-0.39, 0.29) is 23.1 Å². The van der Waals surface area contributed by atoms with E-state index >= 15 is 0 Å². The Morgan fingerprint density at radius 2 is 0.516 bits per heavy atom. The predicted octanol–water partition coefficient (Wildman–Crippen LogP) is 13.2. The topological polar surface area (TPSA) is 68.3 Å². The minimum atomic E-state index is -0.125. The standard InChI is InChI=1S/C58H32O4/c1-30-6-9-35-16-41-24-50-53(27-44(41)19-38(35)12-30)58(62)54-29-46-21-40-15-32(8-11-37(40)18-43(46)26-51(54)57(50)61)13-31-7-10-36-17-42-25-49-52(28-45(42)20-39(36)14-31)56(60)48-23-34-5-3-2-4-33(34)22-47(48)55(49)59/h2-12,14-29H,13H2,1H3. The van der Waals surface area contributed by atoms with Crippen LogP contribution >= 0.6 is 0 Å². The van der Waals surface area contributed by atoms with E-state index in [2.05, 4.69) is 97.9 Å². The number of carbonyl (C=O) groups excluding carboxylic acids is 4. The molecule has 2 aliphatic rings. The Hall–Kier alpha value is -8.08. The van der Waals surface area contributed by atoms with Gasteiger partial charge in [0.1, 0.15) is 0 Å². The van der Waals surface area contributed by atoms with Crippen molar-refractivity contribution < 1.29 is 19.2 Å². The van der Waals surface area contributed by atoms with Gasteiger partial charge in [-0.2, -0.15) is 0 Å². The molecule has 0 saturated heterocycles. The summed E-state index contributed by atoms with van der Waals surface area (Å²) in [5, 5.41) is 13.9. The monoisotopic (exact) mass is 792 g/mol. The first-order valence-corrected chi connectivity index (χ1v) is 20.9. The van der Waals surface area contributed by atoms with Crippen LogP contribution in [-0.4, -0.2) is 23.1 Å². The van der Waals surface area contributed by atoms with Gasteiger partial charge in [-0.15, -0.1) is 0 Å². The van der Waals surface area contributed by atoms with Crippen LogP contribution in [0.25, 0.3) is 75.4 Å². The van der Waals surface area contributed by atoms with E-state index in [1.54, 1.807) is 0 Å². The summed E-state index contributed by atoms with van der Waals surface area (Å²) in [7, 11) is 0. The van der Waals surface area contributed by atoms with Crippen molar-refractivity contribution in [3.8, 4) is 0 Å². The van der Waals surface area contributed by atoms with Crippen LogP contribution in [-0.2, 0) is 6.42 Å². The quantitative estimate of drug-likeness (QED) is 0.164. The van der Waals surface area contributed by atoms with Gasteiger partial charge in [-0.05, 0) is 185 Å². The summed E-state index contributed by atoms with van der Waals surface area (Å²) < 4.78 is 0. The SMILES string of the molecule is Cc1ccc2cc3cc4c(cc3cc2c1)C(=O)c1cc2cc3cc(Cc5ccc6cc7cc8c(cc7cc6c5)C(=O)c5cc6ccccc6cc5C8=O)ccc3cc2cc1C4=O. The lowest BCUT2D eigenvalue weighted by atomic mass is 9.81. The molecule has 0 amide bonds. The molecule has 0 aliphatic heterocycles. The maximum Gasteiger partial charge on any atom is 0.194 e. The van der Waals surface area contributed by atoms with Gasteiger partial charge >= 0.3 is 0 Å². The normalized spacial score (nSPS) is 13.4. The van der Waals surface area contributed by atoms with E-state index in [0.717, 1.165) is 86.5 Å². The van der Waals surface area contributed by atoms with E-state index in [1.165, 1.54) is 5.56 Å². The van der Waals surface area contributed by atoms with Gasteiger partial charge in [-0.3, -0.25) is 19.2 Å². The summed E-state index contributed by atoms with van der Waals surface area (Å²) >= 11 is 0. The van der Waals surface area contributed by atoms with Crippen molar-refractivity contribution in [2.24, 2.45) is 0 Å². The molecule has 0 fully saturated rings. The van der Waals surface area contributed by atoms with E-state index in [9.17, 15) is 19.2 Å². The highest BCUT2D eigenvalue weighted by Crippen LogP contribution is 2.38. The van der Waals surface area contributed by atoms with Gasteiger partial charge in [-0.1, -0.05) is 84.4 Å². The zero-order valence-corrected chi connectivity index (χ0v) is 33.4. The molecule has 0 spiro atoms. The summed E-state index contributed by atoms with van der Waals surface area (Å²) in [5.74, 6) is -0.487. The zero-order valence-electron chi connectivity index (χ0n) is 33.4. The van der Waals surface area contributed by atoms with Gasteiger partial charge in [0.15, 0.2) is 23.1 Å². The first-order valence-electron chi connectivity index (χ1n) is 20.9. The van der Waals surface area contributed by atoms with Crippen LogP contribution in [0.2, 0.25) is 0 Å². The van der Waals surface area contributed by atoms with Crippen molar-refractivity contribution in [1.82, 2.24) is 0 Å². The van der Waals surface area contributed by atoms with Crippen LogP contribution in [0.1, 0.15) is 80.4 Å². The maximum absolute atomic E-state index is 14.1. The fraction of sp³-hybridized carbons (Fsp3) is 0.0345. The van der Waals surface area contributed by atoms with E-state index in [0.29, 0.717) is 50.9 Å². The Balaban J connectivity index is 0.828. The third-order valence-corrected chi connectivity index (χ3v) is 13.3. The summed E-state index contributed by atoms with van der Waals surface area (Å²) in [5.41, 5.74) is 7.09. The number of rotatable bonds is 2. The van der Waals surface area contributed by atoms with Gasteiger partial charge in [0.05, 0.1) is 0 Å². The molecule has 13 rings (SSSR count). The molecule has 0 bridgehead atoms. The molecule has 0 atom stereocenters. The third-order valence-electron chi connectivity index (χ3n) is 13.3. The number of carbonyl (C=O) groups is 4. The Labute approximate surface area is 354 Å². The summed E-state index contributed by atoms with van der Waals surface area (Å²) in [6.07, 6.45) is 0.709. The molecule has 4 heteroatoms. The summed E-state index contributed by atoms with van der Waals surface area (Å²) in [6, 6.07) is 54.7. The summed E-state index contributed by atoms with van der Waals surface area (Å²) in [4.78, 5) is 55.8. The highest BCUT2D eigenvalue weighted by molar-refractivity contribution is 6.32. The Kier molecular flexibility index (Phi) is 6.99. The molecular weight excluding hydrogens is 761 g/mol. The lowest BCUT2D eigenvalue weighted by Crippen LogP contribution is -2.20. The smallest absolute Gasteiger partial charge is 0.194 e. The first-order chi connectivity index (χ1) is 30.2. The number of ketones is 4. The lowest BCUT2D eigenvalue weighted by Gasteiger charge is -2.19. The molecule has 0 saturated carbocycles. The second-order valence-electron chi connectivity index (χ2n) is 17.2. The third kappa shape index (κ3) is 5.13. The van der Waals surface area contributed by atoms with Gasteiger partial charge in [-0.25, -0.2) is 0 Å². The summed E-state index contributed by atoms with van der Waals surface area (Å²) in [6.45, 7) is 2.07. The van der Waals surface area contributed by atoms with E-state index < -0.39 is 0 Å². The van der Waals surface area contributed by atoms with Crippen LogP contribution in [0.5, 0.6) is 0 Å². The molecule has 11 aromatic rings. The average Bonchev–Trinajstić information content (AvgIpc) is 3.28. The second kappa shape index (κ2) is 12.5. The fourth-order valence-electron chi connectivity index (χ4n) is 10.1. The molecule has 4 nitrogen and oxygen atoms in total. The van der Waals surface area contributed by atoms with Crippen molar-refractivity contribution in [2.75, 3.05) is 0 Å². The Morgan fingerprint density at radius 3 is 0.871 bits per heavy atom. The van der Waals surface area contributed by atoms with Crippen LogP contribution in [0.15, 0.2) is 164 Å². The second-order valence-corrected chi connectivity index (χ2v) is 17.2. The molecular formula is C58H32O4. The zero-order chi connectivity index (χ0) is 41.5. The Morgan fingerprint density at radius 1 is 0.258 bits per heavy atom. The van der Waals surface area contributed by atoms with Crippen molar-refractivity contribution in [2.45, 2.75) is 13.3 Å². The molecule has 0 radical (unpaired) electrons. The largest absolute Gasteiger partial charge is 0.289 e. The molecule has 0 unspecified atom stereocenters. The maximum atomic E-state index is 14.1. The van der Waals surface area contributed by atoms with Gasteiger partial charge in [0.25, 0.3) is 0 Å². The molecule has 62 heavy (non-hydrogen) atoms. The highest BCUT2D eigenvalue weighted by Gasteiger charge is 2.32. The van der Waals surface area contributed by atoms with Crippen molar-refractivity contribution >= 4 is 98.5 Å². The number of benzene rings is 11. The van der Waals surface area contributed by atoms with Gasteiger partial charge in [0, 0.05) is 44.5 Å². The average molecular weight is 793 g/mol. The van der Waals surface area contributed by atoms with Crippen molar-refractivity contribution in [3.63, 3.8) is 0 Å². The fourth-order valence-corrected chi connectivity index (χ4v) is 10.1. The van der Waals surface area contributed by atoms with Gasteiger partial charge in [0.2, 0.25) is 0 Å². The minimum absolute atomic E-state index is 0.118. The first kappa shape index (κ1) is 34.8. The predicted molar refractivity (Wildman–Crippen MR) is 250 cm³/mol. The molecule has 2 aliphatic carbocycles. The number of aryl methyl sites for hydroxylation is 1. The molecule has 0 heterocycles. The van der Waals surface area contributed by atoms with Crippen LogP contribution in [0.3, 0.4) is 0 Å². The van der Waals surface area contributed by atoms with E-state index in [1.807, 2.05) is 72.8 Å². The minimum Gasteiger partial charge on any atom is -0.289 e. The van der Waals surface area contributed by atoms with Crippen LogP contribution in [0, 0.1) is 6.92 Å². The number of hydrogen-bond donors (Lipinski definition) is 0. The molecule has 288 valence electrons. The van der Waals surface area contributed by atoms with Crippen molar-refractivity contribution in [3.05, 3.63) is 225 Å². The van der Waals surface area contributed by atoms with Gasteiger partial charge < -0.3 is 0 Å². The molecule has 0 N–H and O–H groups in total. The van der Waals surface area contributed by atoms with Crippen molar-refractivity contribution in [1.29, 1.82) is 0 Å². The molecule has 11 aromatic carbocycles.